The maximum absolute atomic E-state index is 8.36. The van der Waals surface area contributed by atoms with Crippen molar-refractivity contribution in [2.45, 2.75) is 6.92 Å². The van der Waals surface area contributed by atoms with Crippen LogP contribution in [0.3, 0.4) is 0 Å². The largest absolute Gasteiger partial charge is 0.479 e. The molecule has 0 aliphatic carbocycles. The molecule has 0 bridgehead atoms. The van der Waals surface area contributed by atoms with Gasteiger partial charge in [0.05, 0.1) is 0 Å². The van der Waals surface area contributed by atoms with E-state index in [1.165, 1.54) is 0 Å². The zero-order valence-corrected chi connectivity index (χ0v) is 9.44. The number of ether oxygens (including phenoxy) is 1. The summed E-state index contributed by atoms with van der Waals surface area (Å²) in [6, 6.07) is 9.60. The van der Waals surface area contributed by atoms with E-state index < -0.39 is 0 Å². The Morgan fingerprint density at radius 1 is 1.38 bits per heavy atom. The lowest BCUT2D eigenvalue weighted by Crippen LogP contribution is -2.11. The Labute approximate surface area is 96.4 Å². The lowest BCUT2D eigenvalue weighted by molar-refractivity contribution is 0.368. The second kappa shape index (κ2) is 7.49. The summed E-state index contributed by atoms with van der Waals surface area (Å²) in [6.45, 7) is 4.03. The van der Waals surface area contributed by atoms with Crippen LogP contribution < -0.4 is 10.1 Å². The Morgan fingerprint density at radius 3 is 2.75 bits per heavy atom. The predicted molar refractivity (Wildman–Crippen MR) is 65.1 cm³/mol. The summed E-state index contributed by atoms with van der Waals surface area (Å²) in [6.07, 6.45) is 4.13. The number of nitrogens with zero attached hydrogens (tertiary/aromatic N) is 1. The fourth-order valence-corrected chi connectivity index (χ4v) is 1.21. The molecule has 0 heterocycles. The Balaban J connectivity index is 2.45. The standard InChI is InChI=1S/C13H16N2O/c1-2-15-10-3-4-12-5-7-13(8-6-12)16-11-9-14/h3-8,15H,2,10-11H2,1H3. The number of likely N-dealkylation sites (N-methyl/N-ethyl adjacent to an activating group) is 1. The van der Waals surface area contributed by atoms with E-state index in [1.807, 2.05) is 30.3 Å². The number of nitriles is 1. The first-order chi connectivity index (χ1) is 7.86. The van der Waals surface area contributed by atoms with Gasteiger partial charge < -0.3 is 10.1 Å². The maximum atomic E-state index is 8.36. The number of hydrogen-bond donors (Lipinski definition) is 1. The van der Waals surface area contributed by atoms with Crippen molar-refractivity contribution in [3.8, 4) is 11.8 Å². The van der Waals surface area contributed by atoms with Gasteiger partial charge in [0.1, 0.15) is 11.8 Å². The molecule has 3 nitrogen and oxygen atoms in total. The van der Waals surface area contributed by atoms with Crippen LogP contribution >= 0.6 is 0 Å². The summed E-state index contributed by atoms with van der Waals surface area (Å²) in [5, 5.41) is 11.6. The Bertz CT molecular complexity index is 363. The third kappa shape index (κ3) is 4.63. The van der Waals surface area contributed by atoms with Crippen molar-refractivity contribution in [3.63, 3.8) is 0 Å². The van der Waals surface area contributed by atoms with Crippen molar-refractivity contribution >= 4 is 6.08 Å². The van der Waals surface area contributed by atoms with Crippen molar-refractivity contribution < 1.29 is 4.74 Å². The summed E-state index contributed by atoms with van der Waals surface area (Å²) in [5.41, 5.74) is 1.13. The monoisotopic (exact) mass is 216 g/mol. The van der Waals surface area contributed by atoms with Crippen molar-refractivity contribution in [3.05, 3.63) is 35.9 Å². The molecule has 16 heavy (non-hydrogen) atoms. The van der Waals surface area contributed by atoms with E-state index in [2.05, 4.69) is 24.4 Å². The molecule has 0 spiro atoms. The highest BCUT2D eigenvalue weighted by atomic mass is 16.5. The molecule has 0 atom stereocenters. The number of hydrogen-bond acceptors (Lipinski definition) is 3. The average molecular weight is 216 g/mol. The van der Waals surface area contributed by atoms with Crippen LogP contribution in [0.1, 0.15) is 12.5 Å². The molecule has 0 saturated carbocycles. The molecule has 0 aliphatic heterocycles. The van der Waals surface area contributed by atoms with Crippen LogP contribution in [0.15, 0.2) is 30.3 Å². The summed E-state index contributed by atoms with van der Waals surface area (Å²) in [4.78, 5) is 0. The SMILES string of the molecule is CCNCC=Cc1ccc(OCC#N)cc1. The van der Waals surface area contributed by atoms with Crippen LogP contribution in [0.2, 0.25) is 0 Å². The van der Waals surface area contributed by atoms with Crippen molar-refractivity contribution in [2.75, 3.05) is 19.7 Å². The van der Waals surface area contributed by atoms with Gasteiger partial charge in [-0.05, 0) is 24.2 Å². The smallest absolute Gasteiger partial charge is 0.174 e. The first kappa shape index (κ1) is 12.3. The first-order valence-electron chi connectivity index (χ1n) is 5.34. The Morgan fingerprint density at radius 2 is 2.12 bits per heavy atom. The van der Waals surface area contributed by atoms with E-state index in [1.54, 1.807) is 0 Å². The third-order valence-electron chi connectivity index (χ3n) is 2.01. The second-order valence-electron chi connectivity index (χ2n) is 3.23. The van der Waals surface area contributed by atoms with Crippen LogP contribution in [-0.2, 0) is 0 Å². The fraction of sp³-hybridized carbons (Fsp3) is 0.308. The molecule has 0 aliphatic rings. The van der Waals surface area contributed by atoms with Crippen molar-refractivity contribution in [1.82, 2.24) is 5.32 Å². The summed E-state index contributed by atoms with van der Waals surface area (Å²) in [5.74, 6) is 0.727. The van der Waals surface area contributed by atoms with E-state index >= 15 is 0 Å². The van der Waals surface area contributed by atoms with Crippen LogP contribution in [0.25, 0.3) is 6.08 Å². The average Bonchev–Trinajstić information content (AvgIpc) is 2.33. The van der Waals surface area contributed by atoms with Crippen molar-refractivity contribution in [2.24, 2.45) is 0 Å². The lowest BCUT2D eigenvalue weighted by atomic mass is 10.2. The first-order valence-corrected chi connectivity index (χ1v) is 5.34. The molecule has 0 saturated heterocycles. The number of rotatable bonds is 6. The molecule has 84 valence electrons. The van der Waals surface area contributed by atoms with Gasteiger partial charge >= 0.3 is 0 Å². The topological polar surface area (TPSA) is 45.0 Å². The molecule has 0 radical (unpaired) electrons. The number of nitrogens with one attached hydrogen (secondary N) is 1. The van der Waals surface area contributed by atoms with Crippen LogP contribution in [0.5, 0.6) is 5.75 Å². The highest BCUT2D eigenvalue weighted by Crippen LogP contribution is 2.12. The lowest BCUT2D eigenvalue weighted by Gasteiger charge is -2.01. The highest BCUT2D eigenvalue weighted by molar-refractivity contribution is 5.50. The van der Waals surface area contributed by atoms with Gasteiger partial charge in [-0.25, -0.2) is 0 Å². The quantitative estimate of drug-likeness (QED) is 0.741. The summed E-state index contributed by atoms with van der Waals surface area (Å²) < 4.78 is 5.16. The van der Waals surface area contributed by atoms with Crippen LogP contribution in [-0.4, -0.2) is 19.7 Å². The number of benzene rings is 1. The Kier molecular flexibility index (Phi) is 5.75. The molecule has 3 heteroatoms. The molecule has 0 fully saturated rings. The van der Waals surface area contributed by atoms with E-state index in [-0.39, 0.29) is 6.61 Å². The van der Waals surface area contributed by atoms with Crippen LogP contribution in [0.4, 0.5) is 0 Å². The molecule has 1 aromatic carbocycles. The van der Waals surface area contributed by atoms with E-state index in [0.29, 0.717) is 0 Å². The van der Waals surface area contributed by atoms with Gasteiger partial charge in [-0.3, -0.25) is 0 Å². The Hall–Kier alpha value is -1.79. The molecule has 1 rings (SSSR count). The predicted octanol–water partition coefficient (Wildman–Crippen LogP) is 2.21. The molecule has 1 aromatic rings. The van der Waals surface area contributed by atoms with Gasteiger partial charge in [-0.2, -0.15) is 5.26 Å². The van der Waals surface area contributed by atoms with Crippen molar-refractivity contribution in [1.29, 1.82) is 5.26 Å². The normalized spacial score (nSPS) is 10.2. The summed E-state index contributed by atoms with van der Waals surface area (Å²) >= 11 is 0. The minimum atomic E-state index is 0.0929. The van der Waals surface area contributed by atoms with Crippen LogP contribution in [0, 0.1) is 11.3 Å². The highest BCUT2D eigenvalue weighted by Gasteiger charge is 1.91. The summed E-state index contributed by atoms with van der Waals surface area (Å²) in [7, 11) is 0. The van der Waals surface area contributed by atoms with E-state index in [0.717, 1.165) is 24.4 Å². The van der Waals surface area contributed by atoms with E-state index in [4.69, 9.17) is 10.00 Å². The van der Waals surface area contributed by atoms with Gasteiger partial charge in [0.15, 0.2) is 6.61 Å². The zero-order chi connectivity index (χ0) is 11.6. The van der Waals surface area contributed by atoms with Gasteiger partial charge in [0.2, 0.25) is 0 Å². The molecule has 0 amide bonds. The van der Waals surface area contributed by atoms with E-state index in [9.17, 15) is 0 Å². The second-order valence-corrected chi connectivity index (χ2v) is 3.23. The fourth-order valence-electron chi connectivity index (χ4n) is 1.21. The third-order valence-corrected chi connectivity index (χ3v) is 2.01. The minimum absolute atomic E-state index is 0.0929. The van der Waals surface area contributed by atoms with Gasteiger partial charge in [-0.1, -0.05) is 31.2 Å². The molecular weight excluding hydrogens is 200 g/mol. The molecular formula is C13H16N2O. The molecule has 1 N–H and O–H groups in total. The van der Waals surface area contributed by atoms with Gasteiger partial charge in [0.25, 0.3) is 0 Å². The maximum Gasteiger partial charge on any atom is 0.174 e. The molecule has 0 unspecified atom stereocenters. The minimum Gasteiger partial charge on any atom is -0.479 e. The molecule has 0 aromatic heterocycles. The van der Waals surface area contributed by atoms with Gasteiger partial charge in [0, 0.05) is 6.54 Å². The van der Waals surface area contributed by atoms with Gasteiger partial charge in [-0.15, -0.1) is 0 Å². The zero-order valence-electron chi connectivity index (χ0n) is 9.44.